The molecule has 1 fully saturated rings. The van der Waals surface area contributed by atoms with E-state index in [1.54, 1.807) is 11.8 Å². The van der Waals surface area contributed by atoms with Crippen molar-refractivity contribution in [3.8, 4) is 0 Å². The molecular formula is C17H22N2O4S. The number of nitrogens with one attached hydrogen (secondary N) is 1. The van der Waals surface area contributed by atoms with E-state index >= 15 is 0 Å². The van der Waals surface area contributed by atoms with Crippen LogP contribution in [0.4, 0.5) is 4.79 Å². The van der Waals surface area contributed by atoms with Gasteiger partial charge in [0, 0.05) is 6.54 Å². The number of aldehydes is 1. The molecule has 0 saturated carbocycles. The molecule has 0 bridgehead atoms. The molecule has 0 aromatic heterocycles. The molecule has 0 aliphatic carbocycles. The maximum absolute atomic E-state index is 12.2. The van der Waals surface area contributed by atoms with Crippen LogP contribution in [0.3, 0.4) is 0 Å². The fourth-order valence-electron chi connectivity index (χ4n) is 2.38. The van der Waals surface area contributed by atoms with Crippen molar-refractivity contribution in [2.75, 3.05) is 18.6 Å². The summed E-state index contributed by atoms with van der Waals surface area (Å²) in [4.78, 5) is 36.7. The standard InChI is InChI=1S/C17H22N2O4S/c1-24-10-8-14(11-20)18-16(21)15-7-9-19(15)17(22)23-12-13-5-3-2-4-6-13/h2-6,11,14-15H,7-10,12H2,1H3,(H,18,21)/t14-,15-/m0/s1. The van der Waals surface area contributed by atoms with Crippen molar-refractivity contribution in [3.05, 3.63) is 35.9 Å². The number of amides is 2. The number of hydrogen-bond donors (Lipinski definition) is 1. The van der Waals surface area contributed by atoms with E-state index in [1.165, 1.54) is 4.90 Å². The van der Waals surface area contributed by atoms with Gasteiger partial charge < -0.3 is 14.8 Å². The highest BCUT2D eigenvalue weighted by Gasteiger charge is 2.39. The van der Waals surface area contributed by atoms with Gasteiger partial charge in [-0.3, -0.25) is 9.69 Å². The van der Waals surface area contributed by atoms with Crippen molar-refractivity contribution in [1.82, 2.24) is 10.2 Å². The molecule has 7 heteroatoms. The molecule has 2 atom stereocenters. The second-order valence-electron chi connectivity index (χ2n) is 5.57. The summed E-state index contributed by atoms with van der Waals surface area (Å²) in [5.41, 5.74) is 0.894. The van der Waals surface area contributed by atoms with E-state index < -0.39 is 18.2 Å². The third kappa shape index (κ3) is 4.99. The molecule has 130 valence electrons. The van der Waals surface area contributed by atoms with Crippen LogP contribution in [0.25, 0.3) is 0 Å². The molecular weight excluding hydrogens is 328 g/mol. The summed E-state index contributed by atoms with van der Waals surface area (Å²) in [6, 6.07) is 8.32. The van der Waals surface area contributed by atoms with Gasteiger partial charge in [-0.25, -0.2) is 4.79 Å². The van der Waals surface area contributed by atoms with Gasteiger partial charge >= 0.3 is 6.09 Å². The zero-order chi connectivity index (χ0) is 17.4. The Labute approximate surface area is 145 Å². The number of thioether (sulfide) groups is 1. The molecule has 0 spiro atoms. The number of hydrogen-bond acceptors (Lipinski definition) is 5. The summed E-state index contributed by atoms with van der Waals surface area (Å²) in [6.45, 7) is 0.664. The summed E-state index contributed by atoms with van der Waals surface area (Å²) in [7, 11) is 0. The Hall–Kier alpha value is -2.02. The van der Waals surface area contributed by atoms with Gasteiger partial charge in [0.1, 0.15) is 18.9 Å². The normalized spacial score (nSPS) is 17.5. The third-order valence-electron chi connectivity index (χ3n) is 3.89. The Morgan fingerprint density at radius 3 is 2.75 bits per heavy atom. The van der Waals surface area contributed by atoms with E-state index in [2.05, 4.69) is 5.32 Å². The summed E-state index contributed by atoms with van der Waals surface area (Å²) in [5.74, 6) is 0.494. The molecule has 0 unspecified atom stereocenters. The maximum Gasteiger partial charge on any atom is 0.410 e. The lowest BCUT2D eigenvalue weighted by Crippen LogP contribution is -2.59. The lowest BCUT2D eigenvalue weighted by atomic mass is 10.0. The van der Waals surface area contributed by atoms with Crippen molar-refractivity contribution >= 4 is 30.0 Å². The van der Waals surface area contributed by atoms with E-state index in [9.17, 15) is 14.4 Å². The van der Waals surface area contributed by atoms with Crippen molar-refractivity contribution in [2.24, 2.45) is 0 Å². The fourth-order valence-corrected chi connectivity index (χ4v) is 2.87. The Kier molecular flexibility index (Phi) is 7.11. The first-order valence-electron chi connectivity index (χ1n) is 7.87. The minimum atomic E-state index is -0.551. The van der Waals surface area contributed by atoms with Gasteiger partial charge in [-0.1, -0.05) is 30.3 Å². The molecule has 2 amide bonds. The topological polar surface area (TPSA) is 75.7 Å². The van der Waals surface area contributed by atoms with E-state index in [4.69, 9.17) is 4.74 Å². The highest BCUT2D eigenvalue weighted by atomic mass is 32.2. The second kappa shape index (κ2) is 9.32. The quantitative estimate of drug-likeness (QED) is 0.724. The lowest BCUT2D eigenvalue weighted by molar-refractivity contribution is -0.131. The smallest absolute Gasteiger partial charge is 0.410 e. The van der Waals surface area contributed by atoms with Crippen molar-refractivity contribution in [3.63, 3.8) is 0 Å². The fraction of sp³-hybridized carbons (Fsp3) is 0.471. The van der Waals surface area contributed by atoms with Gasteiger partial charge in [0.15, 0.2) is 0 Å². The van der Waals surface area contributed by atoms with E-state index in [0.717, 1.165) is 17.6 Å². The molecule has 24 heavy (non-hydrogen) atoms. The number of carbonyl (C=O) groups is 3. The van der Waals surface area contributed by atoms with Gasteiger partial charge in [0.25, 0.3) is 0 Å². The van der Waals surface area contributed by atoms with E-state index in [0.29, 0.717) is 19.4 Å². The Morgan fingerprint density at radius 2 is 2.17 bits per heavy atom. The van der Waals surface area contributed by atoms with Crippen LogP contribution in [0.1, 0.15) is 18.4 Å². The van der Waals surface area contributed by atoms with Crippen LogP contribution < -0.4 is 5.32 Å². The van der Waals surface area contributed by atoms with Crippen LogP contribution in [0.2, 0.25) is 0 Å². The second-order valence-corrected chi connectivity index (χ2v) is 6.56. The van der Waals surface area contributed by atoms with E-state index in [-0.39, 0.29) is 12.5 Å². The highest BCUT2D eigenvalue weighted by Crippen LogP contribution is 2.19. The molecule has 1 aromatic rings. The molecule has 1 aromatic carbocycles. The molecule has 0 radical (unpaired) electrons. The summed E-state index contributed by atoms with van der Waals surface area (Å²) >= 11 is 1.62. The summed E-state index contributed by atoms with van der Waals surface area (Å²) in [5, 5.41) is 2.69. The van der Waals surface area contributed by atoms with Crippen LogP contribution in [-0.2, 0) is 20.9 Å². The Bertz CT molecular complexity index is 567. The number of ether oxygens (including phenoxy) is 1. The van der Waals surface area contributed by atoms with E-state index in [1.807, 2.05) is 36.6 Å². The zero-order valence-corrected chi connectivity index (χ0v) is 14.5. The number of benzene rings is 1. The van der Waals surface area contributed by atoms with Gasteiger partial charge in [-0.2, -0.15) is 11.8 Å². The van der Waals surface area contributed by atoms with Crippen LogP contribution in [-0.4, -0.2) is 53.8 Å². The SMILES string of the molecule is CSCC[C@@H](C=O)NC(=O)[C@@H]1CCN1C(=O)OCc1ccccc1. The van der Waals surface area contributed by atoms with Gasteiger partial charge in [0.05, 0.1) is 6.04 Å². The minimum absolute atomic E-state index is 0.176. The van der Waals surface area contributed by atoms with Crippen molar-refractivity contribution in [2.45, 2.75) is 31.5 Å². The maximum atomic E-state index is 12.2. The minimum Gasteiger partial charge on any atom is -0.445 e. The largest absolute Gasteiger partial charge is 0.445 e. The average Bonchev–Trinajstić information content (AvgIpc) is 2.56. The van der Waals surface area contributed by atoms with Gasteiger partial charge in [-0.05, 0) is 30.4 Å². The first-order valence-corrected chi connectivity index (χ1v) is 9.27. The van der Waals surface area contributed by atoms with Crippen molar-refractivity contribution in [1.29, 1.82) is 0 Å². The monoisotopic (exact) mass is 350 g/mol. The molecule has 1 saturated heterocycles. The predicted molar refractivity (Wildman–Crippen MR) is 92.7 cm³/mol. The molecule has 1 aliphatic rings. The average molecular weight is 350 g/mol. The molecule has 1 N–H and O–H groups in total. The zero-order valence-electron chi connectivity index (χ0n) is 13.6. The lowest BCUT2D eigenvalue weighted by Gasteiger charge is -2.39. The Morgan fingerprint density at radius 1 is 1.42 bits per heavy atom. The third-order valence-corrected chi connectivity index (χ3v) is 4.53. The Balaban J connectivity index is 1.80. The van der Waals surface area contributed by atoms with Crippen molar-refractivity contribution < 1.29 is 19.1 Å². The summed E-state index contributed by atoms with van der Waals surface area (Å²) in [6.07, 6.45) is 3.35. The number of rotatable bonds is 8. The molecule has 2 rings (SSSR count). The van der Waals surface area contributed by atoms with Crippen LogP contribution in [0.15, 0.2) is 30.3 Å². The van der Waals surface area contributed by atoms with Crippen LogP contribution in [0.5, 0.6) is 0 Å². The van der Waals surface area contributed by atoms with Gasteiger partial charge in [0.2, 0.25) is 5.91 Å². The molecule has 1 aliphatic heterocycles. The summed E-state index contributed by atoms with van der Waals surface area (Å²) < 4.78 is 5.24. The van der Waals surface area contributed by atoms with Crippen LogP contribution in [0, 0.1) is 0 Å². The molecule has 1 heterocycles. The first kappa shape index (κ1) is 18.3. The number of nitrogens with zero attached hydrogens (tertiary/aromatic N) is 1. The first-order chi connectivity index (χ1) is 11.7. The predicted octanol–water partition coefficient (Wildman–Crippen LogP) is 1.83. The van der Waals surface area contributed by atoms with Crippen LogP contribution >= 0.6 is 11.8 Å². The number of carbonyl (C=O) groups excluding carboxylic acids is 3. The molecule has 6 nitrogen and oxygen atoms in total. The van der Waals surface area contributed by atoms with Gasteiger partial charge in [-0.15, -0.1) is 0 Å². The highest BCUT2D eigenvalue weighted by molar-refractivity contribution is 7.98. The number of likely N-dealkylation sites (tertiary alicyclic amines) is 1.